The van der Waals surface area contributed by atoms with Gasteiger partial charge < -0.3 is 9.84 Å². The Labute approximate surface area is 127 Å². The molecule has 112 valence electrons. The molecule has 5 unspecified atom stereocenters. The number of rotatable bonds is 2. The maximum Gasteiger partial charge on any atom is 0.262 e. The van der Waals surface area contributed by atoms with Crippen LogP contribution in [0.2, 0.25) is 5.02 Å². The van der Waals surface area contributed by atoms with E-state index < -0.39 is 11.4 Å². The van der Waals surface area contributed by atoms with Gasteiger partial charge >= 0.3 is 0 Å². The Kier molecular flexibility index (Phi) is 2.26. The van der Waals surface area contributed by atoms with Crippen molar-refractivity contribution in [1.29, 1.82) is 0 Å². The minimum atomic E-state index is -0.984. The standard InChI is InChI=1S/C16H17ClO4/c1-19-16(10-3-2-4-13(18)14(10)17)15(20-21-16)11-6-8-5-9(11)7-12(8)15/h2-4,8-9,11-12,18H,5-7H2,1H3. The van der Waals surface area contributed by atoms with Crippen molar-refractivity contribution < 1.29 is 19.6 Å². The summed E-state index contributed by atoms with van der Waals surface area (Å²) in [5.41, 5.74) is 0.253. The maximum atomic E-state index is 9.93. The van der Waals surface area contributed by atoms with Gasteiger partial charge in [0.15, 0.2) is 5.60 Å². The fourth-order valence-electron chi connectivity index (χ4n) is 5.76. The van der Waals surface area contributed by atoms with Crippen LogP contribution in [0.5, 0.6) is 5.75 Å². The molecule has 1 heterocycles. The molecule has 1 aliphatic heterocycles. The molecule has 21 heavy (non-hydrogen) atoms. The third-order valence-corrected chi connectivity index (χ3v) is 6.79. The molecular formula is C16H17ClO4. The second-order valence-electron chi connectivity index (χ2n) is 6.86. The molecule has 4 saturated carbocycles. The van der Waals surface area contributed by atoms with E-state index in [1.165, 1.54) is 19.3 Å². The van der Waals surface area contributed by atoms with E-state index in [9.17, 15) is 5.11 Å². The summed E-state index contributed by atoms with van der Waals surface area (Å²) in [5, 5.41) is 10.2. The minimum absolute atomic E-state index is 0.0479. The molecular weight excluding hydrogens is 292 g/mol. The SMILES string of the molecule is COC1(c2cccc(O)c2Cl)OOC12C1CC3CC1CC32. The fraction of sp³-hybridized carbons (Fsp3) is 0.625. The van der Waals surface area contributed by atoms with Gasteiger partial charge in [0.05, 0.1) is 5.02 Å². The van der Waals surface area contributed by atoms with Crippen molar-refractivity contribution in [2.75, 3.05) is 7.11 Å². The topological polar surface area (TPSA) is 47.9 Å². The quantitative estimate of drug-likeness (QED) is 0.852. The Hall–Kier alpha value is -0.810. The number of methoxy groups -OCH3 is 1. The molecule has 5 fully saturated rings. The van der Waals surface area contributed by atoms with Crippen molar-refractivity contribution >= 4 is 11.6 Å². The number of ether oxygens (including phenoxy) is 1. The zero-order chi connectivity index (χ0) is 14.4. The Morgan fingerprint density at radius 1 is 1.19 bits per heavy atom. The van der Waals surface area contributed by atoms with Crippen molar-refractivity contribution in [1.82, 2.24) is 0 Å². The number of benzene rings is 1. The van der Waals surface area contributed by atoms with E-state index >= 15 is 0 Å². The number of hydrogen-bond acceptors (Lipinski definition) is 4. The normalized spacial score (nSPS) is 49.2. The summed E-state index contributed by atoms with van der Waals surface area (Å²) in [7, 11) is 1.63. The summed E-state index contributed by atoms with van der Waals surface area (Å²) in [4.78, 5) is 11.3. The Morgan fingerprint density at radius 2 is 1.90 bits per heavy atom. The van der Waals surface area contributed by atoms with Crippen molar-refractivity contribution in [2.45, 2.75) is 30.7 Å². The van der Waals surface area contributed by atoms with E-state index in [-0.39, 0.29) is 5.75 Å². The number of phenols is 1. The van der Waals surface area contributed by atoms with Gasteiger partial charge in [0.2, 0.25) is 0 Å². The summed E-state index contributed by atoms with van der Waals surface area (Å²) >= 11 is 6.33. The summed E-state index contributed by atoms with van der Waals surface area (Å²) in [5.74, 6) is 1.44. The van der Waals surface area contributed by atoms with Crippen LogP contribution < -0.4 is 0 Å². The van der Waals surface area contributed by atoms with E-state index in [0.29, 0.717) is 22.4 Å². The first kappa shape index (κ1) is 12.7. The minimum Gasteiger partial charge on any atom is -0.506 e. The number of halogens is 1. The van der Waals surface area contributed by atoms with Gasteiger partial charge in [-0.3, -0.25) is 0 Å². The predicted octanol–water partition coefficient (Wildman–Crippen LogP) is 3.22. The molecule has 5 aliphatic rings. The predicted molar refractivity (Wildman–Crippen MR) is 74.5 cm³/mol. The van der Waals surface area contributed by atoms with Crippen molar-refractivity contribution in [2.24, 2.45) is 23.7 Å². The van der Waals surface area contributed by atoms with E-state index in [0.717, 1.165) is 11.8 Å². The average molecular weight is 309 g/mol. The maximum absolute atomic E-state index is 9.93. The van der Waals surface area contributed by atoms with Gasteiger partial charge in [-0.1, -0.05) is 23.7 Å². The van der Waals surface area contributed by atoms with Crippen LogP contribution in [0.3, 0.4) is 0 Å². The fourth-order valence-corrected chi connectivity index (χ4v) is 6.01. The largest absolute Gasteiger partial charge is 0.506 e. The highest BCUT2D eigenvalue weighted by molar-refractivity contribution is 6.32. The van der Waals surface area contributed by atoms with Gasteiger partial charge in [-0.15, -0.1) is 0 Å². The molecule has 4 aliphatic carbocycles. The highest BCUT2D eigenvalue weighted by Crippen LogP contribution is 2.77. The van der Waals surface area contributed by atoms with Crippen LogP contribution in [0.1, 0.15) is 24.8 Å². The van der Waals surface area contributed by atoms with E-state index in [2.05, 4.69) is 0 Å². The highest BCUT2D eigenvalue weighted by atomic mass is 35.5. The van der Waals surface area contributed by atoms with Gasteiger partial charge in [0, 0.05) is 24.5 Å². The first-order valence-electron chi connectivity index (χ1n) is 7.54. The molecule has 1 aromatic carbocycles. The molecule has 5 heteroatoms. The molecule has 5 atom stereocenters. The number of hydrogen-bond donors (Lipinski definition) is 1. The zero-order valence-corrected chi connectivity index (χ0v) is 12.5. The summed E-state index contributed by atoms with van der Waals surface area (Å²) in [6.07, 6.45) is 3.70. The van der Waals surface area contributed by atoms with Gasteiger partial charge in [-0.05, 0) is 37.2 Å². The lowest BCUT2D eigenvalue weighted by Gasteiger charge is -2.57. The second kappa shape index (κ2) is 3.74. The molecule has 4 nitrogen and oxygen atoms in total. The van der Waals surface area contributed by atoms with Crippen LogP contribution in [0.25, 0.3) is 0 Å². The van der Waals surface area contributed by atoms with E-state index in [1.807, 2.05) is 6.07 Å². The van der Waals surface area contributed by atoms with Gasteiger partial charge in [-0.2, -0.15) is 4.89 Å². The van der Waals surface area contributed by atoms with Crippen LogP contribution in [-0.2, 0) is 20.3 Å². The third-order valence-electron chi connectivity index (χ3n) is 6.39. The molecule has 0 radical (unpaired) electrons. The zero-order valence-electron chi connectivity index (χ0n) is 11.7. The Morgan fingerprint density at radius 3 is 2.43 bits per heavy atom. The molecule has 0 aromatic heterocycles. The Balaban J connectivity index is 1.69. The van der Waals surface area contributed by atoms with E-state index in [4.69, 9.17) is 26.1 Å². The summed E-state index contributed by atoms with van der Waals surface area (Å²) in [6, 6.07) is 5.20. The lowest BCUT2D eigenvalue weighted by molar-refractivity contribution is -0.630. The highest BCUT2D eigenvalue weighted by Gasteiger charge is 2.83. The van der Waals surface area contributed by atoms with Crippen LogP contribution in [0.15, 0.2) is 18.2 Å². The van der Waals surface area contributed by atoms with Crippen LogP contribution in [-0.4, -0.2) is 17.8 Å². The van der Waals surface area contributed by atoms with E-state index in [1.54, 1.807) is 19.2 Å². The lowest BCUT2D eigenvalue weighted by atomic mass is 9.73. The van der Waals surface area contributed by atoms with Gasteiger partial charge in [0.1, 0.15) is 5.75 Å². The number of aromatic hydroxyl groups is 1. The Bertz CT molecular complexity index is 613. The molecule has 1 aromatic rings. The first-order valence-corrected chi connectivity index (χ1v) is 7.92. The van der Waals surface area contributed by atoms with Gasteiger partial charge in [0.25, 0.3) is 5.79 Å². The summed E-state index contributed by atoms with van der Waals surface area (Å²) < 4.78 is 5.84. The second-order valence-corrected chi connectivity index (χ2v) is 7.24. The third kappa shape index (κ3) is 1.15. The molecule has 1 N–H and O–H groups in total. The van der Waals surface area contributed by atoms with Crippen LogP contribution in [0.4, 0.5) is 0 Å². The first-order chi connectivity index (χ1) is 10.1. The number of phenolic OH excluding ortho intramolecular Hbond substituents is 1. The summed E-state index contributed by atoms with van der Waals surface area (Å²) in [6.45, 7) is 0. The smallest absolute Gasteiger partial charge is 0.262 e. The molecule has 0 amide bonds. The monoisotopic (exact) mass is 308 g/mol. The van der Waals surface area contributed by atoms with Crippen molar-refractivity contribution in [3.8, 4) is 5.75 Å². The molecule has 1 spiro atoms. The lowest BCUT2D eigenvalue weighted by Crippen LogP contribution is -2.69. The van der Waals surface area contributed by atoms with Crippen molar-refractivity contribution in [3.05, 3.63) is 28.8 Å². The average Bonchev–Trinajstić information content (AvgIpc) is 3.18. The molecule has 6 rings (SSSR count). The van der Waals surface area contributed by atoms with Gasteiger partial charge in [-0.25, -0.2) is 4.89 Å². The molecule has 1 saturated heterocycles. The van der Waals surface area contributed by atoms with Crippen molar-refractivity contribution in [3.63, 3.8) is 0 Å². The van der Waals surface area contributed by atoms with Crippen LogP contribution in [0, 0.1) is 23.7 Å². The van der Waals surface area contributed by atoms with Crippen LogP contribution >= 0.6 is 11.6 Å². The molecule has 4 bridgehead atoms.